The van der Waals surface area contributed by atoms with Crippen molar-refractivity contribution in [3.63, 3.8) is 0 Å². The predicted octanol–water partition coefficient (Wildman–Crippen LogP) is 2.49. The maximum absolute atomic E-state index is 13.3. The van der Waals surface area contributed by atoms with Gasteiger partial charge in [-0.1, -0.05) is 0 Å². The molecule has 2 aromatic heterocycles. The number of hydrogen-bond acceptors (Lipinski definition) is 4. The molecule has 0 atom stereocenters. The fraction of sp³-hybridized carbons (Fsp3) is 0.133. The summed E-state index contributed by atoms with van der Waals surface area (Å²) in [7, 11) is 0. The number of nitrogens with two attached hydrogens (primary N) is 1. The van der Waals surface area contributed by atoms with Crippen molar-refractivity contribution in [3.8, 4) is 22.8 Å². The third kappa shape index (κ3) is 1.87. The van der Waals surface area contributed by atoms with E-state index in [1.807, 2.05) is 18.2 Å². The molecular formula is C15H12FN3O2. The van der Waals surface area contributed by atoms with Crippen molar-refractivity contribution in [2.24, 2.45) is 0 Å². The number of imidazole rings is 1. The molecule has 0 saturated carbocycles. The van der Waals surface area contributed by atoms with Gasteiger partial charge in [0, 0.05) is 11.8 Å². The molecule has 0 fully saturated rings. The van der Waals surface area contributed by atoms with E-state index in [9.17, 15) is 4.39 Å². The zero-order valence-electron chi connectivity index (χ0n) is 11.0. The molecule has 3 aromatic rings. The number of pyridine rings is 1. The first-order valence-electron chi connectivity index (χ1n) is 6.55. The lowest BCUT2D eigenvalue weighted by Crippen LogP contribution is -2.15. The van der Waals surface area contributed by atoms with Gasteiger partial charge in [0.05, 0.1) is 0 Å². The van der Waals surface area contributed by atoms with E-state index in [1.54, 1.807) is 6.07 Å². The van der Waals surface area contributed by atoms with Crippen molar-refractivity contribution >= 4 is 11.5 Å². The Balaban J connectivity index is 1.88. The normalized spacial score (nSPS) is 13.6. The Morgan fingerprint density at radius 3 is 2.76 bits per heavy atom. The van der Waals surface area contributed by atoms with Crippen LogP contribution in [0.3, 0.4) is 0 Å². The average Bonchev–Trinajstić information content (AvgIpc) is 2.84. The van der Waals surface area contributed by atoms with Crippen molar-refractivity contribution in [1.82, 2.24) is 9.38 Å². The molecule has 1 aliphatic heterocycles. The number of ether oxygens (including phenoxy) is 2. The van der Waals surface area contributed by atoms with Crippen molar-refractivity contribution in [1.29, 1.82) is 0 Å². The summed E-state index contributed by atoms with van der Waals surface area (Å²) >= 11 is 0. The summed E-state index contributed by atoms with van der Waals surface area (Å²) < 4.78 is 25.9. The van der Waals surface area contributed by atoms with E-state index in [4.69, 9.17) is 15.2 Å². The minimum Gasteiger partial charge on any atom is -0.486 e. The molecule has 0 unspecified atom stereocenters. The monoisotopic (exact) mass is 285 g/mol. The Kier molecular flexibility index (Phi) is 2.50. The zero-order chi connectivity index (χ0) is 14.4. The second-order valence-electron chi connectivity index (χ2n) is 4.78. The molecule has 0 radical (unpaired) electrons. The van der Waals surface area contributed by atoms with Gasteiger partial charge < -0.3 is 15.2 Å². The summed E-state index contributed by atoms with van der Waals surface area (Å²) in [5, 5.41) is 0. The van der Waals surface area contributed by atoms with Crippen molar-refractivity contribution in [3.05, 3.63) is 42.3 Å². The highest BCUT2D eigenvalue weighted by atomic mass is 19.1. The molecule has 5 nitrogen and oxygen atoms in total. The van der Waals surface area contributed by atoms with Crippen LogP contribution in [0.4, 0.5) is 10.2 Å². The van der Waals surface area contributed by atoms with Gasteiger partial charge in [-0.15, -0.1) is 0 Å². The number of nitrogens with zero attached hydrogens (tertiary/aromatic N) is 2. The highest BCUT2D eigenvalue weighted by Crippen LogP contribution is 2.36. The van der Waals surface area contributed by atoms with Crippen molar-refractivity contribution < 1.29 is 13.9 Å². The molecule has 21 heavy (non-hydrogen) atoms. The molecule has 2 N–H and O–H groups in total. The molecule has 106 valence electrons. The van der Waals surface area contributed by atoms with Gasteiger partial charge >= 0.3 is 0 Å². The third-order valence-corrected chi connectivity index (χ3v) is 3.43. The van der Waals surface area contributed by atoms with Crippen LogP contribution in [-0.2, 0) is 0 Å². The number of anilines is 1. The molecular weight excluding hydrogens is 273 g/mol. The number of aromatic nitrogens is 2. The largest absolute Gasteiger partial charge is 0.486 e. The first-order chi connectivity index (χ1) is 10.2. The average molecular weight is 285 g/mol. The maximum atomic E-state index is 13.3. The van der Waals surface area contributed by atoms with Crippen LogP contribution in [0.5, 0.6) is 11.5 Å². The molecule has 3 heterocycles. The topological polar surface area (TPSA) is 61.8 Å². The van der Waals surface area contributed by atoms with Gasteiger partial charge in [0.15, 0.2) is 11.5 Å². The van der Waals surface area contributed by atoms with E-state index >= 15 is 0 Å². The Hall–Kier alpha value is -2.76. The van der Waals surface area contributed by atoms with Crippen molar-refractivity contribution in [2.75, 3.05) is 18.9 Å². The van der Waals surface area contributed by atoms with Crippen LogP contribution in [0, 0.1) is 5.82 Å². The Bertz CT molecular complexity index is 844. The Morgan fingerprint density at radius 1 is 1.10 bits per heavy atom. The maximum Gasteiger partial charge on any atom is 0.162 e. The second kappa shape index (κ2) is 4.37. The molecule has 1 aromatic carbocycles. The van der Waals surface area contributed by atoms with Crippen molar-refractivity contribution in [2.45, 2.75) is 0 Å². The summed E-state index contributed by atoms with van der Waals surface area (Å²) in [6.45, 7) is 1.06. The number of rotatable bonds is 1. The lowest BCUT2D eigenvalue weighted by molar-refractivity contribution is 0.171. The van der Waals surface area contributed by atoms with Gasteiger partial charge in [-0.25, -0.2) is 9.37 Å². The number of halogens is 1. The van der Waals surface area contributed by atoms with Gasteiger partial charge in [0.1, 0.15) is 36.2 Å². The predicted molar refractivity (Wildman–Crippen MR) is 76.0 cm³/mol. The molecule has 0 amide bonds. The van der Waals surface area contributed by atoms with E-state index in [0.29, 0.717) is 41.9 Å². The quantitative estimate of drug-likeness (QED) is 0.746. The van der Waals surface area contributed by atoms with Gasteiger partial charge in [-0.05, 0) is 30.3 Å². The number of nitrogen functional groups attached to an aromatic ring is 1. The lowest BCUT2D eigenvalue weighted by atomic mass is 10.1. The van der Waals surface area contributed by atoms with Gasteiger partial charge in [-0.3, -0.25) is 4.40 Å². The minimum atomic E-state index is -0.361. The van der Waals surface area contributed by atoms with Crippen LogP contribution < -0.4 is 15.2 Å². The fourth-order valence-electron chi connectivity index (χ4n) is 2.44. The summed E-state index contributed by atoms with van der Waals surface area (Å²) in [6, 6.07) is 8.47. The molecule has 0 bridgehead atoms. The zero-order valence-corrected chi connectivity index (χ0v) is 11.0. The first-order valence-corrected chi connectivity index (χ1v) is 6.55. The molecule has 1 aliphatic rings. The highest BCUT2D eigenvalue weighted by molar-refractivity contribution is 5.76. The number of hydrogen-bond donors (Lipinski definition) is 1. The number of fused-ring (bicyclic) bond motifs is 2. The van der Waals surface area contributed by atoms with E-state index in [2.05, 4.69) is 4.98 Å². The summed E-state index contributed by atoms with van der Waals surface area (Å²) in [5.41, 5.74) is 8.08. The fourth-order valence-corrected chi connectivity index (χ4v) is 2.44. The Morgan fingerprint density at radius 2 is 1.90 bits per heavy atom. The van der Waals surface area contributed by atoms with Crippen LogP contribution in [0.1, 0.15) is 0 Å². The summed E-state index contributed by atoms with van der Waals surface area (Å²) in [4.78, 5) is 4.45. The summed E-state index contributed by atoms with van der Waals surface area (Å²) in [5.74, 6) is 1.40. The first kappa shape index (κ1) is 12.0. The van der Waals surface area contributed by atoms with Crippen LogP contribution >= 0.6 is 0 Å². The third-order valence-electron chi connectivity index (χ3n) is 3.43. The molecule has 0 spiro atoms. The van der Waals surface area contributed by atoms with E-state index in [1.165, 1.54) is 16.7 Å². The van der Waals surface area contributed by atoms with E-state index in [0.717, 1.165) is 5.56 Å². The van der Waals surface area contributed by atoms with Crippen LogP contribution in [0.2, 0.25) is 0 Å². The highest BCUT2D eigenvalue weighted by Gasteiger charge is 2.16. The number of benzene rings is 1. The minimum absolute atomic E-state index is 0.361. The molecule has 4 rings (SSSR count). The molecule has 0 aliphatic carbocycles. The lowest BCUT2D eigenvalue weighted by Gasteiger charge is -2.18. The van der Waals surface area contributed by atoms with E-state index < -0.39 is 0 Å². The standard InChI is InChI=1S/C15H12FN3O2/c16-10-2-4-13-18-14(15(17)19(13)8-10)9-1-3-11-12(7-9)21-6-5-20-11/h1-4,7-8H,5-6,17H2. The smallest absolute Gasteiger partial charge is 0.162 e. The van der Waals surface area contributed by atoms with Crippen LogP contribution in [-0.4, -0.2) is 22.6 Å². The molecule has 0 saturated heterocycles. The van der Waals surface area contributed by atoms with Crippen LogP contribution in [0.15, 0.2) is 36.5 Å². The van der Waals surface area contributed by atoms with Gasteiger partial charge in [-0.2, -0.15) is 0 Å². The molecule has 6 heteroatoms. The Labute approximate surface area is 119 Å². The van der Waals surface area contributed by atoms with Gasteiger partial charge in [0.25, 0.3) is 0 Å². The van der Waals surface area contributed by atoms with Crippen LogP contribution in [0.25, 0.3) is 16.9 Å². The van der Waals surface area contributed by atoms with Gasteiger partial charge in [0.2, 0.25) is 0 Å². The SMILES string of the molecule is Nc1c(-c2ccc3c(c2)OCCO3)nc2ccc(F)cn12. The van der Waals surface area contributed by atoms with E-state index in [-0.39, 0.29) is 5.82 Å². The summed E-state index contributed by atoms with van der Waals surface area (Å²) in [6.07, 6.45) is 1.32. The second-order valence-corrected chi connectivity index (χ2v) is 4.78.